The van der Waals surface area contributed by atoms with Crippen molar-refractivity contribution in [3.63, 3.8) is 0 Å². The standard InChI is InChI=1S/C15H18F3NO5/c1-4-24-13(21)14(22,15(16,17)18)8-12(20)19-10-7-9(2)5-6-11(10)23-3/h5-7,22H,4,8H2,1-3H3,(H,19,20). The monoisotopic (exact) mass is 349 g/mol. The van der Waals surface area contributed by atoms with E-state index in [-0.39, 0.29) is 18.0 Å². The van der Waals surface area contributed by atoms with Crippen molar-refractivity contribution in [2.75, 3.05) is 19.0 Å². The Kier molecular flexibility index (Phi) is 6.19. The van der Waals surface area contributed by atoms with Gasteiger partial charge in [-0.3, -0.25) is 4.79 Å². The summed E-state index contributed by atoms with van der Waals surface area (Å²) in [7, 11) is 1.32. The van der Waals surface area contributed by atoms with Gasteiger partial charge in [0.05, 0.1) is 25.8 Å². The molecule has 0 aliphatic carbocycles. The van der Waals surface area contributed by atoms with E-state index in [4.69, 9.17) is 4.74 Å². The predicted octanol–water partition coefficient (Wildman–Crippen LogP) is 2.19. The van der Waals surface area contributed by atoms with Gasteiger partial charge in [-0.1, -0.05) is 6.07 Å². The summed E-state index contributed by atoms with van der Waals surface area (Å²) in [6.07, 6.45) is -6.90. The molecule has 0 aliphatic rings. The average molecular weight is 349 g/mol. The fourth-order valence-electron chi connectivity index (χ4n) is 1.88. The number of esters is 1. The minimum absolute atomic E-state index is 0.121. The molecular formula is C15H18F3NO5. The van der Waals surface area contributed by atoms with Crippen LogP contribution in [0.25, 0.3) is 0 Å². The SMILES string of the molecule is CCOC(=O)C(O)(CC(=O)Nc1cc(C)ccc1OC)C(F)(F)F. The van der Waals surface area contributed by atoms with E-state index in [1.807, 2.05) is 0 Å². The second-order valence-electron chi connectivity index (χ2n) is 5.01. The van der Waals surface area contributed by atoms with Crippen molar-refractivity contribution >= 4 is 17.6 Å². The number of alkyl halides is 3. The zero-order chi connectivity index (χ0) is 18.5. The van der Waals surface area contributed by atoms with Gasteiger partial charge in [-0.2, -0.15) is 13.2 Å². The number of methoxy groups -OCH3 is 1. The van der Waals surface area contributed by atoms with E-state index in [1.54, 1.807) is 13.0 Å². The maximum Gasteiger partial charge on any atom is 0.428 e. The average Bonchev–Trinajstić information content (AvgIpc) is 2.46. The van der Waals surface area contributed by atoms with Crippen LogP contribution in [-0.4, -0.2) is 42.5 Å². The first-order chi connectivity index (χ1) is 11.0. The van der Waals surface area contributed by atoms with Crippen molar-refractivity contribution in [2.24, 2.45) is 0 Å². The minimum Gasteiger partial charge on any atom is -0.495 e. The van der Waals surface area contributed by atoms with Crippen LogP contribution < -0.4 is 10.1 Å². The summed E-state index contributed by atoms with van der Waals surface area (Å²) in [4.78, 5) is 23.4. The molecule has 0 radical (unpaired) electrons. The summed E-state index contributed by atoms with van der Waals surface area (Å²) in [5.74, 6) is -2.92. The second-order valence-corrected chi connectivity index (χ2v) is 5.01. The van der Waals surface area contributed by atoms with Crippen LogP contribution in [0.2, 0.25) is 0 Å². The fraction of sp³-hybridized carbons (Fsp3) is 0.467. The summed E-state index contributed by atoms with van der Waals surface area (Å²) in [5, 5.41) is 11.9. The molecule has 0 saturated carbocycles. The van der Waals surface area contributed by atoms with Crippen LogP contribution in [0.15, 0.2) is 18.2 Å². The Morgan fingerprint density at radius 2 is 1.92 bits per heavy atom. The van der Waals surface area contributed by atoms with Gasteiger partial charge in [-0.25, -0.2) is 4.79 Å². The van der Waals surface area contributed by atoms with E-state index >= 15 is 0 Å². The highest BCUT2D eigenvalue weighted by molar-refractivity contribution is 5.97. The van der Waals surface area contributed by atoms with Crippen LogP contribution in [0, 0.1) is 6.92 Å². The van der Waals surface area contributed by atoms with Crippen molar-refractivity contribution in [3.05, 3.63) is 23.8 Å². The Morgan fingerprint density at radius 3 is 2.42 bits per heavy atom. The molecule has 0 fully saturated rings. The molecule has 24 heavy (non-hydrogen) atoms. The minimum atomic E-state index is -5.37. The summed E-state index contributed by atoms with van der Waals surface area (Å²) in [6, 6.07) is 4.68. The molecule has 0 saturated heterocycles. The molecular weight excluding hydrogens is 331 g/mol. The van der Waals surface area contributed by atoms with Crippen molar-refractivity contribution in [1.82, 2.24) is 0 Å². The third-order valence-corrected chi connectivity index (χ3v) is 3.13. The molecule has 2 N–H and O–H groups in total. The van der Waals surface area contributed by atoms with Crippen LogP contribution >= 0.6 is 0 Å². The number of amides is 1. The Hall–Kier alpha value is -2.29. The zero-order valence-corrected chi connectivity index (χ0v) is 13.4. The van der Waals surface area contributed by atoms with Crippen molar-refractivity contribution < 1.29 is 37.3 Å². The number of hydrogen-bond acceptors (Lipinski definition) is 5. The number of benzene rings is 1. The Balaban J connectivity index is 3.02. The van der Waals surface area contributed by atoms with Gasteiger partial charge in [0.2, 0.25) is 5.91 Å². The van der Waals surface area contributed by atoms with Gasteiger partial charge >= 0.3 is 12.1 Å². The van der Waals surface area contributed by atoms with E-state index in [2.05, 4.69) is 10.1 Å². The number of aryl methyl sites for hydroxylation is 1. The number of halogens is 3. The smallest absolute Gasteiger partial charge is 0.428 e. The van der Waals surface area contributed by atoms with Crippen molar-refractivity contribution in [1.29, 1.82) is 0 Å². The molecule has 0 bridgehead atoms. The van der Waals surface area contributed by atoms with E-state index in [0.29, 0.717) is 0 Å². The highest BCUT2D eigenvalue weighted by atomic mass is 19.4. The van der Waals surface area contributed by atoms with Gasteiger partial charge in [0.25, 0.3) is 5.60 Å². The molecule has 1 aromatic carbocycles. The van der Waals surface area contributed by atoms with E-state index in [1.165, 1.54) is 26.2 Å². The van der Waals surface area contributed by atoms with Gasteiger partial charge in [0.15, 0.2) is 0 Å². The van der Waals surface area contributed by atoms with Gasteiger partial charge < -0.3 is 19.9 Å². The van der Waals surface area contributed by atoms with Crippen LogP contribution in [-0.2, 0) is 14.3 Å². The highest BCUT2D eigenvalue weighted by Crippen LogP contribution is 2.35. The summed E-state index contributed by atoms with van der Waals surface area (Å²) in [5.41, 5.74) is -3.08. The Morgan fingerprint density at radius 1 is 1.29 bits per heavy atom. The zero-order valence-electron chi connectivity index (χ0n) is 13.4. The number of aliphatic hydroxyl groups is 1. The molecule has 0 heterocycles. The first kappa shape index (κ1) is 19.8. The summed E-state index contributed by atoms with van der Waals surface area (Å²) >= 11 is 0. The van der Waals surface area contributed by atoms with Gasteiger partial charge in [-0.15, -0.1) is 0 Å². The molecule has 1 aromatic rings. The van der Waals surface area contributed by atoms with E-state index in [9.17, 15) is 27.9 Å². The van der Waals surface area contributed by atoms with Crippen molar-refractivity contribution in [2.45, 2.75) is 32.0 Å². The molecule has 0 aliphatic heterocycles. The predicted molar refractivity (Wildman–Crippen MR) is 78.6 cm³/mol. The first-order valence-corrected chi connectivity index (χ1v) is 6.96. The number of ether oxygens (including phenoxy) is 2. The normalized spacial score (nSPS) is 13.8. The van der Waals surface area contributed by atoms with Crippen LogP contribution in [0.3, 0.4) is 0 Å². The topological polar surface area (TPSA) is 84.9 Å². The second kappa shape index (κ2) is 7.52. The molecule has 1 unspecified atom stereocenters. The lowest BCUT2D eigenvalue weighted by atomic mass is 9.98. The lowest BCUT2D eigenvalue weighted by Crippen LogP contribution is -2.54. The number of carbonyl (C=O) groups is 2. The lowest BCUT2D eigenvalue weighted by Gasteiger charge is -2.27. The van der Waals surface area contributed by atoms with Crippen molar-refractivity contribution in [3.8, 4) is 5.75 Å². The highest BCUT2D eigenvalue weighted by Gasteiger charge is 2.61. The first-order valence-electron chi connectivity index (χ1n) is 6.96. The summed E-state index contributed by atoms with van der Waals surface area (Å²) < 4.78 is 48.3. The lowest BCUT2D eigenvalue weighted by molar-refractivity contribution is -0.262. The third kappa shape index (κ3) is 4.38. The molecule has 0 spiro atoms. The van der Waals surface area contributed by atoms with Crippen LogP contribution in [0.4, 0.5) is 18.9 Å². The van der Waals surface area contributed by atoms with E-state index < -0.39 is 30.1 Å². The van der Waals surface area contributed by atoms with Gasteiger partial charge in [0, 0.05) is 0 Å². The van der Waals surface area contributed by atoms with Gasteiger partial charge in [-0.05, 0) is 31.5 Å². The fourth-order valence-corrected chi connectivity index (χ4v) is 1.88. The third-order valence-electron chi connectivity index (χ3n) is 3.13. The number of nitrogens with one attached hydrogen (secondary N) is 1. The molecule has 6 nitrogen and oxygen atoms in total. The summed E-state index contributed by atoms with van der Waals surface area (Å²) in [6.45, 7) is 2.62. The van der Waals surface area contributed by atoms with Gasteiger partial charge in [0.1, 0.15) is 5.75 Å². The molecule has 9 heteroatoms. The van der Waals surface area contributed by atoms with Crippen LogP contribution in [0.1, 0.15) is 18.9 Å². The largest absolute Gasteiger partial charge is 0.495 e. The molecule has 134 valence electrons. The number of rotatable bonds is 6. The molecule has 1 rings (SSSR count). The number of anilines is 1. The van der Waals surface area contributed by atoms with Crippen LogP contribution in [0.5, 0.6) is 5.75 Å². The molecule has 1 atom stereocenters. The maximum atomic E-state index is 13.0. The van der Waals surface area contributed by atoms with E-state index in [0.717, 1.165) is 5.56 Å². The number of hydrogen-bond donors (Lipinski definition) is 2. The number of carbonyl (C=O) groups excluding carboxylic acids is 2. The maximum absolute atomic E-state index is 13.0. The quantitative estimate of drug-likeness (QED) is 0.769. The Labute approximate surface area is 136 Å². The molecule has 0 aromatic heterocycles. The molecule has 1 amide bonds. The Bertz CT molecular complexity index is 618.